The van der Waals surface area contributed by atoms with Crippen molar-refractivity contribution in [2.24, 2.45) is 11.7 Å². The van der Waals surface area contributed by atoms with Crippen LogP contribution in [-0.4, -0.2) is 33.0 Å². The molecule has 0 aliphatic rings. The van der Waals surface area contributed by atoms with Gasteiger partial charge in [-0.2, -0.15) is 0 Å². The number of nitrogens with one attached hydrogen (secondary N) is 1. The molecule has 132 valence electrons. The summed E-state index contributed by atoms with van der Waals surface area (Å²) in [6.45, 7) is 4.10. The number of rotatable bonds is 8. The number of ether oxygens (including phenoxy) is 1. The van der Waals surface area contributed by atoms with Gasteiger partial charge in [0.05, 0.1) is 16.9 Å². The molecule has 0 heterocycles. The second kappa shape index (κ2) is 9.02. The van der Waals surface area contributed by atoms with Crippen molar-refractivity contribution in [2.75, 3.05) is 13.7 Å². The Morgan fingerprint density at radius 1 is 1.39 bits per heavy atom. The quantitative estimate of drug-likeness (QED) is 0.532. The van der Waals surface area contributed by atoms with Gasteiger partial charge < -0.3 is 10.5 Å². The molecule has 0 radical (unpaired) electrons. The number of nitrogens with zero attached hydrogens (tertiary/aromatic N) is 1. The van der Waals surface area contributed by atoms with Crippen molar-refractivity contribution in [3.63, 3.8) is 0 Å². The highest BCUT2D eigenvalue weighted by Gasteiger charge is 2.23. The third kappa shape index (κ3) is 5.94. The summed E-state index contributed by atoms with van der Waals surface area (Å²) in [7, 11) is -2.58. The molecule has 0 fully saturated rings. The van der Waals surface area contributed by atoms with E-state index in [1.165, 1.54) is 13.2 Å². The normalized spacial score (nSPS) is 12.6. The standard InChI is InChI=1S/C13H21N3O5S.ClH/c1-9(2)6-10(8-14)15-22(19,20)11-4-5-12(16(17)18)13(7-11)21-3;/h4-5,7,9-10,15H,6,8,14H2,1-3H3;1H. The molecule has 23 heavy (non-hydrogen) atoms. The molecule has 1 aromatic rings. The number of methoxy groups -OCH3 is 1. The maximum Gasteiger partial charge on any atom is 0.310 e. The molecule has 0 saturated heterocycles. The molecule has 1 aromatic carbocycles. The van der Waals surface area contributed by atoms with E-state index in [0.29, 0.717) is 6.42 Å². The number of benzene rings is 1. The molecule has 0 amide bonds. The second-order valence-electron chi connectivity index (χ2n) is 5.27. The van der Waals surface area contributed by atoms with E-state index in [-0.39, 0.29) is 41.2 Å². The Labute approximate surface area is 142 Å². The van der Waals surface area contributed by atoms with Crippen molar-refractivity contribution >= 4 is 28.1 Å². The van der Waals surface area contributed by atoms with Gasteiger partial charge in [0.15, 0.2) is 5.75 Å². The van der Waals surface area contributed by atoms with Crippen molar-refractivity contribution in [1.82, 2.24) is 4.72 Å². The van der Waals surface area contributed by atoms with Gasteiger partial charge in [0.1, 0.15) is 0 Å². The van der Waals surface area contributed by atoms with Gasteiger partial charge in [-0.25, -0.2) is 13.1 Å². The summed E-state index contributed by atoms with van der Waals surface area (Å²) < 4.78 is 32.1. The second-order valence-corrected chi connectivity index (χ2v) is 6.99. The molecule has 0 aromatic heterocycles. The molecule has 10 heteroatoms. The van der Waals surface area contributed by atoms with Crippen LogP contribution in [0.25, 0.3) is 0 Å². The maximum atomic E-state index is 12.3. The minimum Gasteiger partial charge on any atom is -0.490 e. The van der Waals surface area contributed by atoms with Crippen molar-refractivity contribution in [3.8, 4) is 5.75 Å². The largest absolute Gasteiger partial charge is 0.490 e. The zero-order valence-corrected chi connectivity index (χ0v) is 14.8. The lowest BCUT2D eigenvalue weighted by atomic mass is 10.1. The first-order valence-corrected chi connectivity index (χ1v) is 8.24. The molecule has 0 aliphatic carbocycles. The van der Waals surface area contributed by atoms with Crippen LogP contribution >= 0.6 is 12.4 Å². The van der Waals surface area contributed by atoms with Crippen LogP contribution in [0.2, 0.25) is 0 Å². The van der Waals surface area contributed by atoms with E-state index < -0.39 is 21.0 Å². The number of hydrogen-bond acceptors (Lipinski definition) is 6. The predicted molar refractivity (Wildman–Crippen MR) is 89.5 cm³/mol. The Balaban J connectivity index is 0.00000484. The molecule has 1 atom stereocenters. The number of nitro benzene ring substituents is 1. The fourth-order valence-electron chi connectivity index (χ4n) is 2.02. The predicted octanol–water partition coefficient (Wildman–Crippen LogP) is 1.68. The van der Waals surface area contributed by atoms with Gasteiger partial charge in [-0.15, -0.1) is 12.4 Å². The van der Waals surface area contributed by atoms with Gasteiger partial charge in [-0.1, -0.05) is 13.8 Å². The monoisotopic (exact) mass is 367 g/mol. The summed E-state index contributed by atoms with van der Waals surface area (Å²) in [6.07, 6.45) is 0.597. The van der Waals surface area contributed by atoms with E-state index >= 15 is 0 Å². The van der Waals surface area contributed by atoms with E-state index in [1.807, 2.05) is 13.8 Å². The minimum absolute atomic E-state index is 0. The number of sulfonamides is 1. The molecule has 3 N–H and O–H groups in total. The highest BCUT2D eigenvalue weighted by atomic mass is 35.5. The molecular formula is C13H22ClN3O5S. The first-order valence-electron chi connectivity index (χ1n) is 6.76. The summed E-state index contributed by atoms with van der Waals surface area (Å²) in [5, 5.41) is 10.8. The number of halogens is 1. The van der Waals surface area contributed by atoms with E-state index in [9.17, 15) is 18.5 Å². The van der Waals surface area contributed by atoms with Crippen LogP contribution in [0.1, 0.15) is 20.3 Å². The molecule has 0 aliphatic heterocycles. The number of nitro groups is 1. The summed E-state index contributed by atoms with van der Waals surface area (Å²) in [5.41, 5.74) is 5.29. The Kier molecular flexibility index (Phi) is 8.46. The lowest BCUT2D eigenvalue weighted by Crippen LogP contribution is -2.40. The summed E-state index contributed by atoms with van der Waals surface area (Å²) in [4.78, 5) is 10.1. The Bertz CT molecular complexity index is 636. The minimum atomic E-state index is -3.82. The molecule has 8 nitrogen and oxygen atoms in total. The lowest BCUT2D eigenvalue weighted by Gasteiger charge is -2.19. The van der Waals surface area contributed by atoms with Crippen molar-refractivity contribution in [1.29, 1.82) is 0 Å². The molecular weight excluding hydrogens is 346 g/mol. The third-order valence-electron chi connectivity index (χ3n) is 3.02. The van der Waals surface area contributed by atoms with Gasteiger partial charge in [0.2, 0.25) is 10.0 Å². The van der Waals surface area contributed by atoms with Crippen LogP contribution in [-0.2, 0) is 10.0 Å². The van der Waals surface area contributed by atoms with Gasteiger partial charge in [0.25, 0.3) is 0 Å². The molecule has 1 unspecified atom stereocenters. The SMILES string of the molecule is COc1cc(S(=O)(=O)NC(CN)CC(C)C)ccc1[N+](=O)[O-].Cl. The smallest absolute Gasteiger partial charge is 0.310 e. The van der Waals surface area contributed by atoms with Gasteiger partial charge in [-0.3, -0.25) is 10.1 Å². The zero-order chi connectivity index (χ0) is 16.9. The van der Waals surface area contributed by atoms with Crippen LogP contribution in [0.5, 0.6) is 5.75 Å². The van der Waals surface area contributed by atoms with Crippen LogP contribution in [0.4, 0.5) is 5.69 Å². The summed E-state index contributed by atoms with van der Waals surface area (Å²) in [6, 6.07) is 3.01. The van der Waals surface area contributed by atoms with Crippen molar-refractivity contribution in [3.05, 3.63) is 28.3 Å². The van der Waals surface area contributed by atoms with E-state index in [4.69, 9.17) is 10.5 Å². The molecule has 0 spiro atoms. The van der Waals surface area contributed by atoms with Crippen LogP contribution < -0.4 is 15.2 Å². The lowest BCUT2D eigenvalue weighted by molar-refractivity contribution is -0.385. The van der Waals surface area contributed by atoms with Gasteiger partial charge in [-0.05, 0) is 18.4 Å². The van der Waals surface area contributed by atoms with E-state index in [0.717, 1.165) is 12.1 Å². The zero-order valence-electron chi connectivity index (χ0n) is 13.2. The maximum absolute atomic E-state index is 12.3. The molecule has 1 rings (SSSR count). The van der Waals surface area contributed by atoms with Gasteiger partial charge in [0, 0.05) is 24.7 Å². The Morgan fingerprint density at radius 3 is 2.43 bits per heavy atom. The summed E-state index contributed by atoms with van der Waals surface area (Å²) in [5.74, 6) is 0.170. The topological polar surface area (TPSA) is 125 Å². The third-order valence-corrected chi connectivity index (χ3v) is 4.54. The number of hydrogen-bond donors (Lipinski definition) is 2. The highest BCUT2D eigenvalue weighted by molar-refractivity contribution is 7.89. The van der Waals surface area contributed by atoms with Crippen LogP contribution in [0.3, 0.4) is 0 Å². The Morgan fingerprint density at radius 2 is 2.00 bits per heavy atom. The van der Waals surface area contributed by atoms with Crippen molar-refractivity contribution in [2.45, 2.75) is 31.2 Å². The Hall–Kier alpha value is -1.42. The average molecular weight is 368 g/mol. The van der Waals surface area contributed by atoms with Crippen molar-refractivity contribution < 1.29 is 18.1 Å². The van der Waals surface area contributed by atoms with E-state index in [2.05, 4.69) is 4.72 Å². The highest BCUT2D eigenvalue weighted by Crippen LogP contribution is 2.29. The van der Waals surface area contributed by atoms with Gasteiger partial charge >= 0.3 is 5.69 Å². The molecule has 0 saturated carbocycles. The van der Waals surface area contributed by atoms with Crippen LogP contribution in [0, 0.1) is 16.0 Å². The fraction of sp³-hybridized carbons (Fsp3) is 0.538. The first kappa shape index (κ1) is 21.6. The summed E-state index contributed by atoms with van der Waals surface area (Å²) >= 11 is 0. The fourth-order valence-corrected chi connectivity index (χ4v) is 3.30. The molecule has 0 bridgehead atoms. The number of nitrogens with two attached hydrogens (primary N) is 1. The first-order chi connectivity index (χ1) is 10.2. The average Bonchev–Trinajstić information content (AvgIpc) is 2.44. The van der Waals surface area contributed by atoms with Crippen LogP contribution in [0.15, 0.2) is 23.1 Å². The van der Waals surface area contributed by atoms with E-state index in [1.54, 1.807) is 0 Å².